The fourth-order valence-electron chi connectivity index (χ4n) is 2.36. The average molecular weight is 303 g/mol. The highest BCUT2D eigenvalue weighted by molar-refractivity contribution is 5.63. The molecule has 0 atom stereocenters. The molecule has 0 saturated carbocycles. The van der Waals surface area contributed by atoms with Gasteiger partial charge in [-0.05, 0) is 25.7 Å². The minimum atomic E-state index is -0.995. The van der Waals surface area contributed by atoms with Crippen LogP contribution in [0.25, 0.3) is 0 Å². The van der Waals surface area contributed by atoms with Gasteiger partial charge in [-0.25, -0.2) is 0 Å². The standard InChI is InChI=1S/C14H32NO.C3H6O2/c1-4-7-10-15(13-14-16,11-8-5-2)12-9-6-3;1-2-3(4)5/h16H,4-14H2,1-3H3;2H2,1H3,(H,4,5)/q+1;/p-1. The molecule has 1 N–H and O–H groups in total. The zero-order valence-electron chi connectivity index (χ0n) is 14.7. The van der Waals surface area contributed by atoms with Crippen molar-refractivity contribution in [2.75, 3.05) is 32.8 Å². The number of rotatable bonds is 12. The molecule has 0 amide bonds. The summed E-state index contributed by atoms with van der Waals surface area (Å²) in [5.41, 5.74) is 0. The third-order valence-corrected chi connectivity index (χ3v) is 3.82. The molecule has 0 saturated heterocycles. The van der Waals surface area contributed by atoms with Crippen molar-refractivity contribution in [1.82, 2.24) is 0 Å². The number of unbranched alkanes of at least 4 members (excludes halogenated alkanes) is 3. The average Bonchev–Trinajstić information content (AvgIpc) is 2.49. The summed E-state index contributed by atoms with van der Waals surface area (Å²) < 4.78 is 1.16. The summed E-state index contributed by atoms with van der Waals surface area (Å²) in [6.45, 7) is 13.4. The Morgan fingerprint density at radius 1 is 0.857 bits per heavy atom. The monoisotopic (exact) mass is 303 g/mol. The molecule has 0 radical (unpaired) electrons. The minimum absolute atomic E-state index is 0.111. The number of quaternary nitrogens is 1. The van der Waals surface area contributed by atoms with Gasteiger partial charge in [-0.2, -0.15) is 0 Å². The molecule has 0 aromatic carbocycles. The summed E-state index contributed by atoms with van der Waals surface area (Å²) in [5.74, 6) is -0.995. The lowest BCUT2D eigenvalue weighted by Crippen LogP contribution is -2.51. The van der Waals surface area contributed by atoms with E-state index < -0.39 is 5.97 Å². The first-order chi connectivity index (χ1) is 10.0. The Labute approximate surface area is 131 Å². The second-order valence-corrected chi connectivity index (χ2v) is 5.75. The molecule has 0 aliphatic rings. The first kappa shape index (κ1) is 22.7. The Kier molecular flexibility index (Phi) is 17.0. The molecule has 128 valence electrons. The van der Waals surface area contributed by atoms with Crippen LogP contribution in [0, 0.1) is 0 Å². The lowest BCUT2D eigenvalue weighted by Gasteiger charge is -2.38. The van der Waals surface area contributed by atoms with Gasteiger partial charge in [-0.3, -0.25) is 0 Å². The van der Waals surface area contributed by atoms with Crippen molar-refractivity contribution in [2.45, 2.75) is 72.6 Å². The van der Waals surface area contributed by atoms with E-state index in [-0.39, 0.29) is 6.42 Å². The number of aliphatic hydroxyl groups is 1. The van der Waals surface area contributed by atoms with Crippen molar-refractivity contribution < 1.29 is 19.5 Å². The zero-order valence-corrected chi connectivity index (χ0v) is 14.7. The van der Waals surface area contributed by atoms with E-state index in [2.05, 4.69) is 20.8 Å². The largest absolute Gasteiger partial charge is 0.550 e. The quantitative estimate of drug-likeness (QED) is 0.563. The van der Waals surface area contributed by atoms with Crippen LogP contribution in [0.2, 0.25) is 0 Å². The van der Waals surface area contributed by atoms with Crippen molar-refractivity contribution in [2.24, 2.45) is 0 Å². The third-order valence-electron chi connectivity index (χ3n) is 3.82. The van der Waals surface area contributed by atoms with E-state index >= 15 is 0 Å². The number of hydrogen-bond acceptors (Lipinski definition) is 3. The lowest BCUT2D eigenvalue weighted by atomic mass is 10.1. The molecule has 0 heterocycles. The number of carboxylic acid groups (broad SMARTS) is 1. The van der Waals surface area contributed by atoms with Gasteiger partial charge < -0.3 is 19.5 Å². The molecule has 4 heteroatoms. The number of aliphatic carboxylic acids is 1. The maximum absolute atomic E-state index is 9.28. The van der Waals surface area contributed by atoms with E-state index in [1.54, 1.807) is 0 Å². The Morgan fingerprint density at radius 2 is 1.19 bits per heavy atom. The molecule has 0 aliphatic carbocycles. The number of nitrogens with zero attached hydrogens (tertiary/aromatic N) is 1. The first-order valence-corrected chi connectivity index (χ1v) is 8.67. The van der Waals surface area contributed by atoms with Gasteiger partial charge in [-0.1, -0.05) is 47.0 Å². The van der Waals surface area contributed by atoms with Crippen LogP contribution >= 0.6 is 0 Å². The SMILES string of the molecule is CCC(=O)[O-].CCCC[N+](CCO)(CCCC)CCCC. The summed E-state index contributed by atoms with van der Waals surface area (Å²) in [6.07, 6.45) is 7.81. The maximum Gasteiger partial charge on any atom is 0.102 e. The predicted molar refractivity (Wildman–Crippen MR) is 86.8 cm³/mol. The van der Waals surface area contributed by atoms with Crippen LogP contribution in [-0.4, -0.2) is 48.3 Å². The van der Waals surface area contributed by atoms with E-state index in [1.165, 1.54) is 65.1 Å². The Bertz CT molecular complexity index is 210. The molecule has 0 aromatic heterocycles. The van der Waals surface area contributed by atoms with Gasteiger partial charge >= 0.3 is 0 Å². The molecule has 0 aliphatic heterocycles. The second kappa shape index (κ2) is 15.8. The third kappa shape index (κ3) is 14.1. The maximum atomic E-state index is 9.28. The van der Waals surface area contributed by atoms with Gasteiger partial charge in [0, 0.05) is 5.97 Å². The number of carbonyl (C=O) groups is 1. The van der Waals surface area contributed by atoms with Gasteiger partial charge in [0.15, 0.2) is 0 Å². The summed E-state index contributed by atoms with van der Waals surface area (Å²) >= 11 is 0. The number of carbonyl (C=O) groups excluding carboxylic acids is 1. The molecule has 0 rings (SSSR count). The van der Waals surface area contributed by atoms with E-state index in [0.717, 1.165) is 11.0 Å². The van der Waals surface area contributed by atoms with Gasteiger partial charge in [0.2, 0.25) is 0 Å². The summed E-state index contributed by atoms with van der Waals surface area (Å²) in [7, 11) is 0. The second-order valence-electron chi connectivity index (χ2n) is 5.75. The molecular weight excluding hydrogens is 266 g/mol. The van der Waals surface area contributed by atoms with Crippen LogP contribution in [0.3, 0.4) is 0 Å². The van der Waals surface area contributed by atoms with E-state index in [1.807, 2.05) is 0 Å². The van der Waals surface area contributed by atoms with Crippen LogP contribution in [0.4, 0.5) is 0 Å². The van der Waals surface area contributed by atoms with Crippen LogP contribution in [0.15, 0.2) is 0 Å². The van der Waals surface area contributed by atoms with Crippen LogP contribution < -0.4 is 5.11 Å². The molecule has 21 heavy (non-hydrogen) atoms. The van der Waals surface area contributed by atoms with Crippen molar-refractivity contribution in [1.29, 1.82) is 0 Å². The van der Waals surface area contributed by atoms with Crippen LogP contribution in [0.5, 0.6) is 0 Å². The van der Waals surface area contributed by atoms with Crippen molar-refractivity contribution >= 4 is 5.97 Å². The van der Waals surface area contributed by atoms with Crippen molar-refractivity contribution in [3.05, 3.63) is 0 Å². The zero-order chi connectivity index (χ0) is 16.6. The molecule has 0 aromatic rings. The Morgan fingerprint density at radius 3 is 1.38 bits per heavy atom. The highest BCUT2D eigenvalue weighted by Crippen LogP contribution is 2.14. The molecule has 0 spiro atoms. The van der Waals surface area contributed by atoms with Gasteiger partial charge in [0.05, 0.1) is 26.2 Å². The molecule has 0 unspecified atom stereocenters. The molecule has 0 bridgehead atoms. The predicted octanol–water partition coefficient (Wildman–Crippen LogP) is 2.34. The molecule has 0 fully saturated rings. The van der Waals surface area contributed by atoms with Gasteiger partial charge in [-0.15, -0.1) is 0 Å². The number of carboxylic acids is 1. The lowest BCUT2D eigenvalue weighted by molar-refractivity contribution is -0.929. The minimum Gasteiger partial charge on any atom is -0.550 e. The van der Waals surface area contributed by atoms with Crippen LogP contribution in [0.1, 0.15) is 72.6 Å². The summed E-state index contributed by atoms with van der Waals surface area (Å²) in [6, 6.07) is 0. The summed E-state index contributed by atoms with van der Waals surface area (Å²) in [4.78, 5) is 9.26. The summed E-state index contributed by atoms with van der Waals surface area (Å²) in [5, 5.41) is 18.5. The Hall–Kier alpha value is -0.610. The first-order valence-electron chi connectivity index (χ1n) is 8.67. The van der Waals surface area contributed by atoms with E-state index in [0.29, 0.717) is 6.61 Å². The Balaban J connectivity index is 0. The smallest absolute Gasteiger partial charge is 0.102 e. The highest BCUT2D eigenvalue weighted by atomic mass is 16.4. The van der Waals surface area contributed by atoms with Gasteiger partial charge in [0.25, 0.3) is 0 Å². The normalized spacial score (nSPS) is 10.9. The van der Waals surface area contributed by atoms with Gasteiger partial charge in [0.1, 0.15) is 6.54 Å². The fraction of sp³-hybridized carbons (Fsp3) is 0.941. The number of hydrogen-bond donors (Lipinski definition) is 1. The van der Waals surface area contributed by atoms with E-state index in [4.69, 9.17) is 0 Å². The van der Waals surface area contributed by atoms with Crippen molar-refractivity contribution in [3.8, 4) is 0 Å². The van der Waals surface area contributed by atoms with Crippen molar-refractivity contribution in [3.63, 3.8) is 0 Å². The fourth-order valence-corrected chi connectivity index (χ4v) is 2.36. The molecule has 4 nitrogen and oxygen atoms in total. The molecular formula is C17H37NO3. The highest BCUT2D eigenvalue weighted by Gasteiger charge is 2.24. The number of aliphatic hydroxyl groups excluding tert-OH is 1. The van der Waals surface area contributed by atoms with Crippen LogP contribution in [-0.2, 0) is 4.79 Å². The van der Waals surface area contributed by atoms with E-state index in [9.17, 15) is 15.0 Å². The topological polar surface area (TPSA) is 60.4 Å².